The second-order valence-corrected chi connectivity index (χ2v) is 5.43. The molecule has 120 valence electrons. The van der Waals surface area contributed by atoms with E-state index in [1.165, 1.54) is 12.1 Å². The summed E-state index contributed by atoms with van der Waals surface area (Å²) in [5.41, 5.74) is 2.02. The molecule has 0 saturated heterocycles. The summed E-state index contributed by atoms with van der Waals surface area (Å²) in [6.45, 7) is 3.33. The Labute approximate surface area is 151 Å². The molecule has 1 aromatic carbocycles. The average molecular weight is 434 g/mol. The van der Waals surface area contributed by atoms with Crippen molar-refractivity contribution in [1.82, 2.24) is 15.6 Å². The number of thiazole rings is 1. The Balaban J connectivity index is 0.00000242. The number of rotatable bonds is 5. The summed E-state index contributed by atoms with van der Waals surface area (Å²) in [5.74, 6) is 0.474. The highest BCUT2D eigenvalue weighted by molar-refractivity contribution is 14.0. The topological polar surface area (TPSA) is 49.3 Å². The first-order chi connectivity index (χ1) is 10.2. The molecular weight excluding hydrogens is 414 g/mol. The summed E-state index contributed by atoms with van der Waals surface area (Å²) in [5, 5.41) is 9.60. The van der Waals surface area contributed by atoms with Crippen LogP contribution in [-0.2, 0) is 19.5 Å². The van der Waals surface area contributed by atoms with Crippen LogP contribution in [0.15, 0.2) is 34.6 Å². The molecule has 2 rings (SSSR count). The van der Waals surface area contributed by atoms with E-state index in [0.717, 1.165) is 22.7 Å². The third kappa shape index (κ3) is 5.88. The normalized spacial score (nSPS) is 11.0. The number of aromatic nitrogens is 1. The van der Waals surface area contributed by atoms with E-state index in [0.29, 0.717) is 19.0 Å². The Kier molecular flexibility index (Phi) is 8.32. The predicted octanol–water partition coefficient (Wildman–Crippen LogP) is 3.33. The number of nitrogens with zero attached hydrogens (tertiary/aromatic N) is 2. The standard InChI is InChI=1S/C15H19FN4S.HI/c1-3-14-20-13(10-21-14)9-19-15(17-2)18-8-11-4-6-12(16)7-5-11;/h4-7,10H,3,8-9H2,1-2H3,(H2,17,18,19);1H. The SMILES string of the molecule is CCc1nc(CNC(=NC)NCc2ccc(F)cc2)cs1.I. The lowest BCUT2D eigenvalue weighted by Crippen LogP contribution is -2.36. The predicted molar refractivity (Wildman–Crippen MR) is 100 cm³/mol. The van der Waals surface area contributed by atoms with E-state index in [1.807, 2.05) is 0 Å². The van der Waals surface area contributed by atoms with E-state index in [-0.39, 0.29) is 29.8 Å². The third-order valence-corrected chi connectivity index (χ3v) is 3.98. The molecule has 0 aliphatic carbocycles. The first-order valence-electron chi connectivity index (χ1n) is 6.83. The third-order valence-electron chi connectivity index (χ3n) is 2.94. The summed E-state index contributed by atoms with van der Waals surface area (Å²) in [7, 11) is 1.72. The molecule has 0 atom stereocenters. The molecule has 22 heavy (non-hydrogen) atoms. The zero-order valence-corrected chi connectivity index (χ0v) is 15.7. The van der Waals surface area contributed by atoms with Gasteiger partial charge in [-0.2, -0.15) is 0 Å². The minimum absolute atomic E-state index is 0. The highest BCUT2D eigenvalue weighted by Gasteiger charge is 2.02. The number of guanidine groups is 1. The van der Waals surface area contributed by atoms with Crippen LogP contribution in [0.4, 0.5) is 4.39 Å². The summed E-state index contributed by atoms with van der Waals surface area (Å²) in [4.78, 5) is 8.65. The van der Waals surface area contributed by atoms with Gasteiger partial charge in [-0.25, -0.2) is 9.37 Å². The lowest BCUT2D eigenvalue weighted by Gasteiger charge is -2.11. The minimum atomic E-state index is -0.225. The minimum Gasteiger partial charge on any atom is -0.352 e. The largest absolute Gasteiger partial charge is 0.352 e. The monoisotopic (exact) mass is 434 g/mol. The fourth-order valence-electron chi connectivity index (χ4n) is 1.78. The van der Waals surface area contributed by atoms with Crippen LogP contribution in [0.1, 0.15) is 23.2 Å². The van der Waals surface area contributed by atoms with Gasteiger partial charge in [-0.3, -0.25) is 4.99 Å². The van der Waals surface area contributed by atoms with Crippen molar-refractivity contribution in [2.45, 2.75) is 26.4 Å². The molecular formula is C15H20FIN4S. The highest BCUT2D eigenvalue weighted by atomic mass is 127. The molecule has 0 unspecified atom stereocenters. The van der Waals surface area contributed by atoms with Gasteiger partial charge in [-0.15, -0.1) is 35.3 Å². The molecule has 2 aromatic rings. The maximum absolute atomic E-state index is 12.8. The number of hydrogen-bond acceptors (Lipinski definition) is 3. The van der Waals surface area contributed by atoms with Gasteiger partial charge in [0.05, 0.1) is 17.2 Å². The molecule has 0 spiro atoms. The van der Waals surface area contributed by atoms with Crippen molar-refractivity contribution >= 4 is 41.3 Å². The first kappa shape index (κ1) is 18.8. The van der Waals surface area contributed by atoms with E-state index in [1.54, 1.807) is 30.5 Å². The van der Waals surface area contributed by atoms with Crippen molar-refractivity contribution < 1.29 is 4.39 Å². The maximum atomic E-state index is 12.8. The number of aliphatic imine (C=N–C) groups is 1. The Morgan fingerprint density at radius 2 is 1.91 bits per heavy atom. The van der Waals surface area contributed by atoms with Crippen LogP contribution in [0.5, 0.6) is 0 Å². The zero-order valence-electron chi connectivity index (χ0n) is 12.6. The first-order valence-corrected chi connectivity index (χ1v) is 7.71. The van der Waals surface area contributed by atoms with Crippen molar-refractivity contribution in [1.29, 1.82) is 0 Å². The van der Waals surface area contributed by atoms with Crippen molar-refractivity contribution in [2.24, 2.45) is 4.99 Å². The number of hydrogen-bond donors (Lipinski definition) is 2. The molecule has 0 amide bonds. The summed E-state index contributed by atoms with van der Waals surface area (Å²) < 4.78 is 12.8. The van der Waals surface area contributed by atoms with E-state index < -0.39 is 0 Å². The van der Waals surface area contributed by atoms with E-state index in [2.05, 4.69) is 32.9 Å². The maximum Gasteiger partial charge on any atom is 0.191 e. The van der Waals surface area contributed by atoms with Crippen LogP contribution < -0.4 is 10.6 Å². The van der Waals surface area contributed by atoms with E-state index in [9.17, 15) is 4.39 Å². The summed E-state index contributed by atoms with van der Waals surface area (Å²) >= 11 is 1.67. The van der Waals surface area contributed by atoms with Crippen LogP contribution in [0.2, 0.25) is 0 Å². The molecule has 0 radical (unpaired) electrons. The molecule has 0 bridgehead atoms. The molecule has 7 heteroatoms. The second-order valence-electron chi connectivity index (χ2n) is 4.49. The van der Waals surface area contributed by atoms with E-state index in [4.69, 9.17) is 0 Å². The van der Waals surface area contributed by atoms with Gasteiger partial charge in [0.15, 0.2) is 5.96 Å². The molecule has 0 aliphatic heterocycles. The smallest absolute Gasteiger partial charge is 0.191 e. The van der Waals surface area contributed by atoms with Crippen LogP contribution >= 0.6 is 35.3 Å². The van der Waals surface area contributed by atoms with Crippen molar-refractivity contribution in [3.63, 3.8) is 0 Å². The van der Waals surface area contributed by atoms with Crippen molar-refractivity contribution in [3.05, 3.63) is 51.7 Å². The Bertz CT molecular complexity index is 598. The molecule has 0 aliphatic rings. The van der Waals surface area contributed by atoms with Gasteiger partial charge in [0.1, 0.15) is 5.82 Å². The lowest BCUT2D eigenvalue weighted by molar-refractivity contribution is 0.626. The van der Waals surface area contributed by atoms with Crippen molar-refractivity contribution in [2.75, 3.05) is 7.05 Å². The fraction of sp³-hybridized carbons (Fsp3) is 0.333. The molecule has 4 nitrogen and oxygen atoms in total. The number of aryl methyl sites for hydroxylation is 1. The summed E-state index contributed by atoms with van der Waals surface area (Å²) in [6, 6.07) is 6.41. The molecule has 1 heterocycles. The van der Waals surface area contributed by atoms with Crippen LogP contribution in [-0.4, -0.2) is 18.0 Å². The van der Waals surface area contributed by atoms with E-state index >= 15 is 0 Å². The molecule has 2 N–H and O–H groups in total. The van der Waals surface area contributed by atoms with Gasteiger partial charge in [0.2, 0.25) is 0 Å². The second kappa shape index (κ2) is 9.73. The number of halogens is 2. The Morgan fingerprint density at radius 1 is 1.23 bits per heavy atom. The zero-order chi connectivity index (χ0) is 15.1. The van der Waals surface area contributed by atoms with Gasteiger partial charge in [-0.05, 0) is 24.1 Å². The molecule has 1 aromatic heterocycles. The van der Waals surface area contributed by atoms with Gasteiger partial charge >= 0.3 is 0 Å². The summed E-state index contributed by atoms with van der Waals surface area (Å²) in [6.07, 6.45) is 0.961. The Morgan fingerprint density at radius 3 is 2.50 bits per heavy atom. The van der Waals surface area contributed by atoms with Crippen LogP contribution in [0.25, 0.3) is 0 Å². The fourth-order valence-corrected chi connectivity index (χ4v) is 2.52. The van der Waals surface area contributed by atoms with Gasteiger partial charge in [0, 0.05) is 19.0 Å². The van der Waals surface area contributed by atoms with Crippen molar-refractivity contribution in [3.8, 4) is 0 Å². The molecule has 0 saturated carbocycles. The number of benzene rings is 1. The molecule has 0 fully saturated rings. The quantitative estimate of drug-likeness (QED) is 0.431. The Hall–Kier alpha value is -1.22. The van der Waals surface area contributed by atoms with Crippen LogP contribution in [0, 0.1) is 5.82 Å². The van der Waals surface area contributed by atoms with Gasteiger partial charge in [-0.1, -0.05) is 19.1 Å². The highest BCUT2D eigenvalue weighted by Crippen LogP contribution is 2.09. The lowest BCUT2D eigenvalue weighted by atomic mass is 10.2. The number of nitrogens with one attached hydrogen (secondary N) is 2. The van der Waals surface area contributed by atoms with Crippen LogP contribution in [0.3, 0.4) is 0 Å². The van der Waals surface area contributed by atoms with Gasteiger partial charge < -0.3 is 10.6 Å². The average Bonchev–Trinajstić information content (AvgIpc) is 2.97. The van der Waals surface area contributed by atoms with Gasteiger partial charge in [0.25, 0.3) is 0 Å².